The first-order chi connectivity index (χ1) is 11.0. The van der Waals surface area contributed by atoms with Crippen LogP contribution in [0.25, 0.3) is 0 Å². The second kappa shape index (κ2) is 5.98. The van der Waals surface area contributed by atoms with Crippen molar-refractivity contribution in [2.24, 2.45) is 0 Å². The molecule has 1 aliphatic rings. The molecule has 1 heterocycles. The Bertz CT molecular complexity index is 769. The van der Waals surface area contributed by atoms with Gasteiger partial charge in [0, 0.05) is 12.1 Å². The normalized spacial score (nSPS) is 22.6. The molecule has 1 aliphatic heterocycles. The maximum atomic E-state index is 11.2. The summed E-state index contributed by atoms with van der Waals surface area (Å²) in [4.78, 5) is 21.2. The molecular weight excluding hydrogens is 318 g/mol. The third-order valence-corrected chi connectivity index (χ3v) is 5.05. The van der Waals surface area contributed by atoms with Crippen LogP contribution in [0.2, 0.25) is 0 Å². The smallest absolute Gasteiger partial charge is 0.258 e. The van der Waals surface area contributed by atoms with E-state index < -0.39 is 9.85 Å². The highest BCUT2D eigenvalue weighted by atomic mass is 32.2. The van der Waals surface area contributed by atoms with Crippen LogP contribution in [0, 0.1) is 20.2 Å². The first kappa shape index (κ1) is 15.4. The molecule has 1 unspecified atom stereocenters. The zero-order chi connectivity index (χ0) is 16.6. The van der Waals surface area contributed by atoms with Gasteiger partial charge in [0.15, 0.2) is 0 Å². The molecule has 0 aromatic heterocycles. The van der Waals surface area contributed by atoms with Crippen LogP contribution >= 0.6 is 11.9 Å². The number of nitro groups is 2. The van der Waals surface area contributed by atoms with Gasteiger partial charge in [0.05, 0.1) is 22.0 Å². The van der Waals surface area contributed by atoms with E-state index in [1.165, 1.54) is 24.1 Å². The quantitative estimate of drug-likeness (QED) is 0.356. The number of nitrogens with zero attached hydrogens (tertiary/aromatic N) is 3. The molecule has 1 fully saturated rings. The lowest BCUT2D eigenvalue weighted by Gasteiger charge is -2.04. The van der Waals surface area contributed by atoms with Crippen LogP contribution in [0.5, 0.6) is 0 Å². The van der Waals surface area contributed by atoms with Gasteiger partial charge in [0.2, 0.25) is 0 Å². The van der Waals surface area contributed by atoms with Crippen LogP contribution in [0.4, 0.5) is 11.4 Å². The van der Waals surface area contributed by atoms with Crippen LogP contribution < -0.4 is 0 Å². The molecule has 0 amide bonds. The van der Waals surface area contributed by atoms with Crippen molar-refractivity contribution in [3.05, 3.63) is 74.3 Å². The van der Waals surface area contributed by atoms with Crippen molar-refractivity contribution in [3.63, 3.8) is 0 Å². The molecule has 1 saturated heterocycles. The van der Waals surface area contributed by atoms with E-state index in [1.807, 2.05) is 41.6 Å². The van der Waals surface area contributed by atoms with Gasteiger partial charge in [0.1, 0.15) is 4.90 Å². The Morgan fingerprint density at radius 3 is 2.35 bits per heavy atom. The van der Waals surface area contributed by atoms with Crippen molar-refractivity contribution in [2.75, 3.05) is 0 Å². The van der Waals surface area contributed by atoms with Crippen LogP contribution in [0.3, 0.4) is 0 Å². The van der Waals surface area contributed by atoms with E-state index in [0.717, 1.165) is 11.6 Å². The second-order valence-electron chi connectivity index (χ2n) is 5.21. The fourth-order valence-corrected chi connectivity index (χ4v) is 3.71. The average molecular weight is 331 g/mol. The largest absolute Gasteiger partial charge is 0.291 e. The molecule has 118 valence electrons. The summed E-state index contributed by atoms with van der Waals surface area (Å²) in [5.41, 5.74) is 0.631. The molecule has 0 aliphatic carbocycles. The van der Waals surface area contributed by atoms with Crippen molar-refractivity contribution in [2.45, 2.75) is 23.9 Å². The molecule has 3 rings (SSSR count). The van der Waals surface area contributed by atoms with Gasteiger partial charge in [-0.25, -0.2) is 4.31 Å². The third-order valence-electron chi connectivity index (χ3n) is 3.74. The van der Waals surface area contributed by atoms with Gasteiger partial charge in [0.25, 0.3) is 11.4 Å². The fraction of sp³-hybridized carbons (Fsp3) is 0.200. The van der Waals surface area contributed by atoms with Gasteiger partial charge in [-0.3, -0.25) is 20.2 Å². The Hall–Kier alpha value is -2.45. The van der Waals surface area contributed by atoms with Gasteiger partial charge < -0.3 is 0 Å². The number of rotatable bonds is 5. The van der Waals surface area contributed by atoms with Gasteiger partial charge in [-0.2, -0.15) is 0 Å². The van der Waals surface area contributed by atoms with Crippen LogP contribution in [0.15, 0.2) is 53.4 Å². The zero-order valence-electron chi connectivity index (χ0n) is 12.2. The number of non-ortho nitro benzene ring substituents is 1. The minimum absolute atomic E-state index is 0.191. The molecular formula is C15H13N3O4S. The second-order valence-corrected chi connectivity index (χ2v) is 6.26. The summed E-state index contributed by atoms with van der Waals surface area (Å²) in [6, 6.07) is 14.1. The molecule has 2 aromatic carbocycles. The minimum Gasteiger partial charge on any atom is -0.258 e. The molecule has 23 heavy (non-hydrogen) atoms. The summed E-state index contributed by atoms with van der Waals surface area (Å²) in [7, 11) is 0. The van der Waals surface area contributed by atoms with Gasteiger partial charge in [-0.15, -0.1) is 0 Å². The lowest BCUT2D eigenvalue weighted by atomic mass is 10.1. The van der Waals surface area contributed by atoms with Gasteiger partial charge in [-0.1, -0.05) is 30.3 Å². The van der Waals surface area contributed by atoms with E-state index in [4.69, 9.17) is 0 Å². The molecule has 7 nitrogen and oxygen atoms in total. The van der Waals surface area contributed by atoms with E-state index in [0.29, 0.717) is 4.90 Å². The van der Waals surface area contributed by atoms with Gasteiger partial charge >= 0.3 is 0 Å². The molecule has 3 atom stereocenters. The highest BCUT2D eigenvalue weighted by Crippen LogP contribution is 2.52. The summed E-state index contributed by atoms with van der Waals surface area (Å²) in [6.07, 6.45) is 0. The molecule has 8 heteroatoms. The summed E-state index contributed by atoms with van der Waals surface area (Å²) >= 11 is 1.27. The fourth-order valence-electron chi connectivity index (χ4n) is 2.49. The maximum Gasteiger partial charge on any atom is 0.291 e. The number of hydrogen-bond acceptors (Lipinski definition) is 6. The Morgan fingerprint density at radius 1 is 1.04 bits per heavy atom. The Kier molecular flexibility index (Phi) is 4.01. The van der Waals surface area contributed by atoms with Crippen LogP contribution in [0.1, 0.15) is 18.5 Å². The molecule has 0 bridgehead atoms. The minimum atomic E-state index is -0.631. The Morgan fingerprint density at radius 2 is 1.74 bits per heavy atom. The highest BCUT2D eigenvalue weighted by Gasteiger charge is 2.46. The lowest BCUT2D eigenvalue weighted by Crippen LogP contribution is -1.96. The predicted octanol–water partition coefficient (Wildman–Crippen LogP) is 3.96. The van der Waals surface area contributed by atoms with E-state index in [9.17, 15) is 20.2 Å². The average Bonchev–Trinajstić information content (AvgIpc) is 3.17. The number of benzene rings is 2. The highest BCUT2D eigenvalue weighted by molar-refractivity contribution is 7.97. The summed E-state index contributed by atoms with van der Waals surface area (Å²) in [5, 5.41) is 22.0. The summed E-state index contributed by atoms with van der Waals surface area (Å²) in [5.74, 6) is 0. The van der Waals surface area contributed by atoms with Crippen molar-refractivity contribution in [1.82, 2.24) is 4.31 Å². The lowest BCUT2D eigenvalue weighted by molar-refractivity contribution is -0.396. The third kappa shape index (κ3) is 3.03. The Balaban J connectivity index is 1.84. The van der Waals surface area contributed by atoms with Gasteiger partial charge in [-0.05, 0) is 30.5 Å². The predicted molar refractivity (Wildman–Crippen MR) is 86.1 cm³/mol. The molecule has 0 radical (unpaired) electrons. The maximum absolute atomic E-state index is 11.2. The number of nitro benzene ring substituents is 2. The van der Waals surface area contributed by atoms with E-state index in [-0.39, 0.29) is 23.5 Å². The Labute approximate surface area is 136 Å². The van der Waals surface area contributed by atoms with Crippen LogP contribution in [-0.4, -0.2) is 20.2 Å². The van der Waals surface area contributed by atoms with E-state index in [2.05, 4.69) is 0 Å². The van der Waals surface area contributed by atoms with Crippen molar-refractivity contribution in [1.29, 1.82) is 0 Å². The summed E-state index contributed by atoms with van der Waals surface area (Å²) in [6.45, 7) is 2.04. The topological polar surface area (TPSA) is 89.3 Å². The van der Waals surface area contributed by atoms with Crippen molar-refractivity contribution < 1.29 is 9.85 Å². The molecule has 2 aromatic rings. The first-order valence-electron chi connectivity index (χ1n) is 6.93. The SMILES string of the molecule is C[C@H]1[C@H](c2ccccc2)N1Sc1ccc([N+](=O)[O-])cc1[N+](=O)[O-]. The van der Waals surface area contributed by atoms with Crippen molar-refractivity contribution in [3.8, 4) is 0 Å². The molecule has 0 saturated carbocycles. The molecule has 0 spiro atoms. The van der Waals surface area contributed by atoms with Crippen LogP contribution in [-0.2, 0) is 0 Å². The standard InChI is InChI=1S/C15H13N3O4S/c1-10-15(11-5-3-2-4-6-11)16(10)23-14-8-7-12(17(19)20)9-13(14)18(21)22/h2-10,15H,1H3/t10-,15+,16?/m0/s1. The molecule has 0 N–H and O–H groups in total. The van der Waals surface area contributed by atoms with E-state index in [1.54, 1.807) is 0 Å². The zero-order valence-corrected chi connectivity index (χ0v) is 13.0. The van der Waals surface area contributed by atoms with E-state index >= 15 is 0 Å². The summed E-state index contributed by atoms with van der Waals surface area (Å²) < 4.78 is 2.05. The van der Waals surface area contributed by atoms with Crippen molar-refractivity contribution >= 4 is 23.3 Å². The monoisotopic (exact) mass is 331 g/mol. The number of hydrogen-bond donors (Lipinski definition) is 0. The first-order valence-corrected chi connectivity index (χ1v) is 7.70.